The van der Waals surface area contributed by atoms with Crippen molar-refractivity contribution in [2.24, 2.45) is 5.41 Å². The largest absolute Gasteiger partial charge is 0.370 e. The molecule has 4 heterocycles. The number of carbonyl (C=O) groups excluding carboxylic acids is 1. The predicted octanol–water partition coefficient (Wildman–Crippen LogP) is 3.90. The van der Waals surface area contributed by atoms with Gasteiger partial charge in [-0.15, -0.1) is 0 Å². The number of aromatic amines is 1. The summed E-state index contributed by atoms with van der Waals surface area (Å²) >= 11 is 6.61. The van der Waals surface area contributed by atoms with Crippen molar-refractivity contribution in [1.29, 1.82) is 0 Å². The van der Waals surface area contributed by atoms with Crippen LogP contribution in [0.25, 0.3) is 22.3 Å². The second kappa shape index (κ2) is 7.19. The third-order valence-corrected chi connectivity index (χ3v) is 6.58. The Hall–Kier alpha value is -2.86. The average Bonchev–Trinajstić information content (AvgIpc) is 3.40. The molecule has 2 aliphatic heterocycles. The van der Waals surface area contributed by atoms with E-state index in [4.69, 9.17) is 11.6 Å². The minimum Gasteiger partial charge on any atom is -0.370 e. The van der Waals surface area contributed by atoms with E-state index in [1.54, 1.807) is 6.20 Å². The minimum absolute atomic E-state index is 0.192. The van der Waals surface area contributed by atoms with Crippen molar-refractivity contribution in [1.82, 2.24) is 20.5 Å². The van der Waals surface area contributed by atoms with Gasteiger partial charge in [0.2, 0.25) is 5.91 Å². The third kappa shape index (κ3) is 3.17. The quantitative estimate of drug-likeness (QED) is 0.690. The highest BCUT2D eigenvalue weighted by atomic mass is 35.5. The zero-order valence-electron chi connectivity index (χ0n) is 16.0. The molecule has 1 amide bonds. The van der Waals surface area contributed by atoms with E-state index >= 15 is 0 Å². The molecule has 29 heavy (non-hydrogen) atoms. The second-order valence-corrected chi connectivity index (χ2v) is 8.26. The molecule has 2 N–H and O–H groups in total. The number of aromatic nitrogens is 3. The number of pyridine rings is 1. The van der Waals surface area contributed by atoms with Crippen LogP contribution in [-0.4, -0.2) is 40.7 Å². The van der Waals surface area contributed by atoms with Crippen LogP contribution in [0.1, 0.15) is 19.3 Å². The van der Waals surface area contributed by atoms with E-state index in [-0.39, 0.29) is 11.3 Å². The van der Waals surface area contributed by atoms with Gasteiger partial charge in [0.05, 0.1) is 22.3 Å². The lowest BCUT2D eigenvalue weighted by molar-refractivity contribution is -0.128. The second-order valence-electron chi connectivity index (χ2n) is 7.86. The summed E-state index contributed by atoms with van der Waals surface area (Å²) < 4.78 is 0. The Balaban J connectivity index is 1.44. The van der Waals surface area contributed by atoms with E-state index in [9.17, 15) is 4.79 Å². The van der Waals surface area contributed by atoms with Crippen molar-refractivity contribution in [3.63, 3.8) is 0 Å². The van der Waals surface area contributed by atoms with Crippen molar-refractivity contribution < 1.29 is 4.79 Å². The summed E-state index contributed by atoms with van der Waals surface area (Å²) in [6.45, 7) is 2.43. The molecule has 2 aromatic heterocycles. The lowest BCUT2D eigenvalue weighted by Crippen LogP contribution is -2.44. The van der Waals surface area contributed by atoms with Crippen molar-refractivity contribution in [3.05, 3.63) is 54.1 Å². The fourth-order valence-electron chi connectivity index (χ4n) is 4.56. The van der Waals surface area contributed by atoms with Crippen molar-refractivity contribution in [2.45, 2.75) is 19.3 Å². The van der Waals surface area contributed by atoms with Crippen molar-refractivity contribution in [2.75, 3.05) is 24.5 Å². The Labute approximate surface area is 174 Å². The van der Waals surface area contributed by atoms with Gasteiger partial charge < -0.3 is 10.2 Å². The molecule has 0 unspecified atom stereocenters. The van der Waals surface area contributed by atoms with E-state index in [0.29, 0.717) is 5.02 Å². The van der Waals surface area contributed by atoms with Crippen molar-refractivity contribution in [3.8, 4) is 22.3 Å². The first-order chi connectivity index (χ1) is 14.2. The van der Waals surface area contributed by atoms with Crippen LogP contribution in [0.3, 0.4) is 0 Å². The average molecular weight is 408 g/mol. The fraction of sp³-hybridized carbons (Fsp3) is 0.318. The minimum atomic E-state index is -0.192. The number of nitrogens with one attached hydrogen (secondary N) is 2. The number of halogens is 1. The van der Waals surface area contributed by atoms with Gasteiger partial charge in [-0.2, -0.15) is 5.10 Å². The highest BCUT2D eigenvalue weighted by Gasteiger charge is 2.44. The number of rotatable bonds is 3. The molecule has 3 aromatic rings. The molecule has 0 aliphatic carbocycles. The maximum absolute atomic E-state index is 12.3. The van der Waals surface area contributed by atoms with Crippen LogP contribution in [0.2, 0.25) is 5.02 Å². The molecule has 2 saturated heterocycles. The van der Waals surface area contributed by atoms with E-state index in [2.05, 4.69) is 49.7 Å². The Kier molecular flexibility index (Phi) is 4.51. The lowest BCUT2D eigenvalue weighted by Gasteiger charge is -2.39. The molecule has 5 rings (SSSR count). The number of nitrogens with zero attached hydrogens (tertiary/aromatic N) is 3. The number of carbonyl (C=O) groups is 1. The standard InChI is InChI=1S/C22H22ClN5O/c23-19-14-24-13-18(16-3-1-15(2-4-16)17-11-26-27-12-17)20(19)28-9-6-22(7-10-28)5-8-25-21(22)29/h1-4,11-14H,5-10H2,(H,25,29)(H,26,27). The molecule has 2 fully saturated rings. The van der Waals surface area contributed by atoms with Gasteiger partial charge in [0.1, 0.15) is 0 Å². The normalized spacial score (nSPS) is 18.2. The first-order valence-electron chi connectivity index (χ1n) is 9.93. The lowest BCUT2D eigenvalue weighted by atomic mass is 9.77. The number of hydrogen-bond acceptors (Lipinski definition) is 4. The number of hydrogen-bond donors (Lipinski definition) is 2. The highest BCUT2D eigenvalue weighted by molar-refractivity contribution is 6.33. The maximum atomic E-state index is 12.3. The smallest absolute Gasteiger partial charge is 0.226 e. The summed E-state index contributed by atoms with van der Waals surface area (Å²) in [5.74, 6) is 0.216. The fourth-order valence-corrected chi connectivity index (χ4v) is 4.84. The summed E-state index contributed by atoms with van der Waals surface area (Å²) in [6.07, 6.45) is 9.92. The molecule has 7 heteroatoms. The van der Waals surface area contributed by atoms with E-state index in [1.165, 1.54) is 0 Å². The Morgan fingerprint density at radius 1 is 0.966 bits per heavy atom. The van der Waals surface area contributed by atoms with Crippen LogP contribution in [-0.2, 0) is 4.79 Å². The predicted molar refractivity (Wildman–Crippen MR) is 114 cm³/mol. The van der Waals surface area contributed by atoms with E-state index in [0.717, 1.165) is 66.8 Å². The van der Waals surface area contributed by atoms with Gasteiger partial charge >= 0.3 is 0 Å². The van der Waals surface area contributed by atoms with Crippen LogP contribution in [0.5, 0.6) is 0 Å². The van der Waals surface area contributed by atoms with Gasteiger partial charge in [0, 0.05) is 49.4 Å². The molecule has 148 valence electrons. The topological polar surface area (TPSA) is 73.9 Å². The summed E-state index contributed by atoms with van der Waals surface area (Å²) in [4.78, 5) is 18.9. The van der Waals surface area contributed by atoms with Gasteiger partial charge in [0.15, 0.2) is 0 Å². The van der Waals surface area contributed by atoms with E-state index < -0.39 is 0 Å². The zero-order valence-corrected chi connectivity index (χ0v) is 16.7. The highest BCUT2D eigenvalue weighted by Crippen LogP contribution is 2.43. The summed E-state index contributed by atoms with van der Waals surface area (Å²) in [5.41, 5.74) is 5.06. The third-order valence-electron chi connectivity index (χ3n) is 6.31. The van der Waals surface area contributed by atoms with Crippen LogP contribution in [0.4, 0.5) is 5.69 Å². The number of piperidine rings is 1. The molecule has 1 spiro atoms. The van der Waals surface area contributed by atoms with Crippen LogP contribution < -0.4 is 10.2 Å². The Morgan fingerprint density at radius 2 is 1.72 bits per heavy atom. The molecule has 0 radical (unpaired) electrons. The van der Waals surface area contributed by atoms with Gasteiger partial charge in [-0.25, -0.2) is 0 Å². The van der Waals surface area contributed by atoms with Gasteiger partial charge in [0.25, 0.3) is 0 Å². The van der Waals surface area contributed by atoms with Crippen molar-refractivity contribution >= 4 is 23.2 Å². The van der Waals surface area contributed by atoms with Gasteiger partial charge in [-0.3, -0.25) is 14.9 Å². The number of benzene rings is 1. The monoisotopic (exact) mass is 407 g/mol. The number of anilines is 1. The molecule has 0 atom stereocenters. The molecular formula is C22H22ClN5O. The van der Waals surface area contributed by atoms with Gasteiger partial charge in [-0.1, -0.05) is 35.9 Å². The van der Waals surface area contributed by atoms with Gasteiger partial charge in [-0.05, 0) is 30.4 Å². The summed E-state index contributed by atoms with van der Waals surface area (Å²) in [6, 6.07) is 8.35. The van der Waals surface area contributed by atoms with Crippen LogP contribution in [0.15, 0.2) is 49.1 Å². The molecule has 6 nitrogen and oxygen atoms in total. The first kappa shape index (κ1) is 18.2. The maximum Gasteiger partial charge on any atom is 0.226 e. The molecule has 2 aliphatic rings. The Morgan fingerprint density at radius 3 is 2.38 bits per heavy atom. The SMILES string of the molecule is O=C1NCCC12CCN(c1c(Cl)cncc1-c1ccc(-c3cn[nH]c3)cc1)CC2. The summed E-state index contributed by atoms with van der Waals surface area (Å²) in [5, 5.41) is 10.5. The Bertz CT molecular complexity index is 1020. The molecular weight excluding hydrogens is 386 g/mol. The number of H-pyrrole nitrogens is 1. The first-order valence-corrected chi connectivity index (χ1v) is 10.3. The summed E-state index contributed by atoms with van der Waals surface area (Å²) in [7, 11) is 0. The number of amides is 1. The zero-order chi connectivity index (χ0) is 19.8. The van der Waals surface area contributed by atoms with Crippen LogP contribution in [0, 0.1) is 5.41 Å². The van der Waals surface area contributed by atoms with Crippen LogP contribution >= 0.6 is 11.6 Å². The molecule has 1 aromatic carbocycles. The molecule has 0 bridgehead atoms. The van der Waals surface area contributed by atoms with E-state index in [1.807, 2.05) is 18.6 Å². The molecule has 0 saturated carbocycles.